The maximum Gasteiger partial charge on any atom is 0.193 e. The minimum absolute atomic E-state index is 0. The van der Waals surface area contributed by atoms with Crippen LogP contribution in [0.3, 0.4) is 0 Å². The highest BCUT2D eigenvalue weighted by molar-refractivity contribution is 14.0. The van der Waals surface area contributed by atoms with Gasteiger partial charge in [0.15, 0.2) is 5.96 Å². The fraction of sp³-hybridized carbons (Fsp3) is 0.842. The first-order chi connectivity index (χ1) is 11.3. The molecule has 0 radical (unpaired) electrons. The fourth-order valence-electron chi connectivity index (χ4n) is 3.04. The molecule has 0 atom stereocenters. The molecule has 0 saturated carbocycles. The van der Waals surface area contributed by atoms with Crippen LogP contribution < -0.4 is 5.32 Å². The predicted octanol–water partition coefficient (Wildman–Crippen LogP) is 4.12. The molecule has 1 aliphatic heterocycles. The third kappa shape index (κ3) is 11.3. The van der Waals surface area contributed by atoms with Crippen LogP contribution in [0.4, 0.5) is 0 Å². The van der Waals surface area contributed by atoms with Gasteiger partial charge >= 0.3 is 0 Å². The van der Waals surface area contributed by atoms with Crippen molar-refractivity contribution in [2.24, 2.45) is 4.99 Å². The van der Waals surface area contributed by atoms with Crippen LogP contribution in [0, 0.1) is 0 Å². The number of piperidine rings is 1. The van der Waals surface area contributed by atoms with Gasteiger partial charge in [-0.3, -0.25) is 4.99 Å². The highest BCUT2D eigenvalue weighted by Gasteiger charge is 2.08. The van der Waals surface area contributed by atoms with Crippen LogP contribution >= 0.6 is 24.0 Å². The van der Waals surface area contributed by atoms with Crippen LogP contribution in [0.1, 0.15) is 58.3 Å². The fourth-order valence-corrected chi connectivity index (χ4v) is 3.04. The molecule has 1 aliphatic rings. The molecule has 1 N–H and O–H groups in total. The van der Waals surface area contributed by atoms with Crippen LogP contribution in [-0.4, -0.2) is 62.1 Å². The van der Waals surface area contributed by atoms with E-state index in [2.05, 4.69) is 35.7 Å². The van der Waals surface area contributed by atoms with Crippen molar-refractivity contribution in [1.29, 1.82) is 0 Å². The number of likely N-dealkylation sites (tertiary alicyclic amines) is 1. The van der Waals surface area contributed by atoms with Gasteiger partial charge in [-0.25, -0.2) is 0 Å². The Morgan fingerprint density at radius 2 is 1.92 bits per heavy atom. The van der Waals surface area contributed by atoms with Crippen LogP contribution in [0.5, 0.6) is 0 Å². The van der Waals surface area contributed by atoms with Gasteiger partial charge in [0.05, 0.1) is 0 Å². The SMILES string of the molecule is C=CCCCN(C)C(=NCCCCCN1CCCCC1)NCC.I. The number of rotatable bonds is 11. The van der Waals surface area contributed by atoms with Crippen molar-refractivity contribution in [1.82, 2.24) is 15.1 Å². The molecule has 24 heavy (non-hydrogen) atoms. The highest BCUT2D eigenvalue weighted by atomic mass is 127. The number of hydrogen-bond acceptors (Lipinski definition) is 2. The van der Waals surface area contributed by atoms with E-state index in [9.17, 15) is 0 Å². The van der Waals surface area contributed by atoms with E-state index in [1.54, 1.807) is 0 Å². The van der Waals surface area contributed by atoms with Crippen LogP contribution in [0.25, 0.3) is 0 Å². The normalized spacial score (nSPS) is 15.7. The first-order valence-electron chi connectivity index (χ1n) is 9.60. The molecule has 142 valence electrons. The second kappa shape index (κ2) is 16.2. The molecule has 1 saturated heterocycles. The number of hydrogen-bond donors (Lipinski definition) is 1. The lowest BCUT2D eigenvalue weighted by Crippen LogP contribution is -2.39. The van der Waals surface area contributed by atoms with Crippen LogP contribution in [-0.2, 0) is 0 Å². The second-order valence-electron chi connectivity index (χ2n) is 6.55. The van der Waals surface area contributed by atoms with Crippen LogP contribution in [0.2, 0.25) is 0 Å². The van der Waals surface area contributed by atoms with Gasteiger partial charge < -0.3 is 15.1 Å². The van der Waals surface area contributed by atoms with Crippen molar-refractivity contribution in [2.75, 3.05) is 46.3 Å². The Balaban J connectivity index is 0.00000529. The van der Waals surface area contributed by atoms with Crippen molar-refractivity contribution in [2.45, 2.75) is 58.3 Å². The average Bonchev–Trinajstić information content (AvgIpc) is 2.58. The maximum atomic E-state index is 4.77. The maximum absolute atomic E-state index is 4.77. The predicted molar refractivity (Wildman–Crippen MR) is 118 cm³/mol. The zero-order valence-corrected chi connectivity index (χ0v) is 18.3. The third-order valence-electron chi connectivity index (χ3n) is 4.44. The summed E-state index contributed by atoms with van der Waals surface area (Å²) in [7, 11) is 2.13. The lowest BCUT2D eigenvalue weighted by atomic mass is 10.1. The number of halogens is 1. The molecule has 5 heteroatoms. The Hall–Kier alpha value is -0.300. The van der Waals surface area contributed by atoms with E-state index in [4.69, 9.17) is 4.99 Å². The summed E-state index contributed by atoms with van der Waals surface area (Å²) in [6.07, 6.45) is 12.2. The van der Waals surface area contributed by atoms with Gasteiger partial charge in [-0.05, 0) is 65.1 Å². The molecule has 1 fully saturated rings. The molecule has 0 amide bonds. The summed E-state index contributed by atoms with van der Waals surface area (Å²) < 4.78 is 0. The van der Waals surface area contributed by atoms with Gasteiger partial charge in [0.1, 0.15) is 0 Å². The van der Waals surface area contributed by atoms with Crippen molar-refractivity contribution >= 4 is 29.9 Å². The summed E-state index contributed by atoms with van der Waals surface area (Å²) in [4.78, 5) is 9.63. The standard InChI is InChI=1S/C19H38N4.HI/c1-4-6-10-15-22(3)19(20-5-2)21-14-9-7-11-16-23-17-12-8-13-18-23;/h4H,1,5-18H2,2-3H3,(H,20,21);1H. The molecule has 0 aromatic heterocycles. The molecular formula is C19H39IN4. The molecule has 0 aromatic carbocycles. The number of nitrogens with zero attached hydrogens (tertiary/aromatic N) is 3. The van der Waals surface area contributed by atoms with E-state index >= 15 is 0 Å². The minimum atomic E-state index is 0. The molecule has 1 heterocycles. The number of allylic oxidation sites excluding steroid dienone is 1. The lowest BCUT2D eigenvalue weighted by Gasteiger charge is -2.26. The number of guanidine groups is 1. The highest BCUT2D eigenvalue weighted by Crippen LogP contribution is 2.09. The van der Waals surface area contributed by atoms with Crippen molar-refractivity contribution in [3.63, 3.8) is 0 Å². The van der Waals surface area contributed by atoms with E-state index in [1.165, 1.54) is 58.2 Å². The van der Waals surface area contributed by atoms with Gasteiger partial charge in [-0.2, -0.15) is 0 Å². The van der Waals surface area contributed by atoms with Crippen molar-refractivity contribution in [3.05, 3.63) is 12.7 Å². The quantitative estimate of drug-likeness (QED) is 0.169. The number of aliphatic imine (C=N–C) groups is 1. The Morgan fingerprint density at radius 3 is 2.58 bits per heavy atom. The Kier molecular flexibility index (Phi) is 16.0. The van der Waals surface area contributed by atoms with E-state index < -0.39 is 0 Å². The van der Waals surface area contributed by atoms with Crippen molar-refractivity contribution < 1.29 is 0 Å². The number of nitrogens with one attached hydrogen (secondary N) is 1. The molecule has 0 bridgehead atoms. The Bertz CT molecular complexity index is 327. The summed E-state index contributed by atoms with van der Waals surface area (Å²) in [5.41, 5.74) is 0. The summed E-state index contributed by atoms with van der Waals surface area (Å²) in [6, 6.07) is 0. The molecular weight excluding hydrogens is 411 g/mol. The topological polar surface area (TPSA) is 30.9 Å². The van der Waals surface area contributed by atoms with Crippen molar-refractivity contribution in [3.8, 4) is 0 Å². The lowest BCUT2D eigenvalue weighted by molar-refractivity contribution is 0.224. The molecule has 0 aliphatic carbocycles. The first-order valence-corrected chi connectivity index (χ1v) is 9.60. The number of unbranched alkanes of at least 4 members (excludes halogenated alkanes) is 3. The van der Waals surface area contributed by atoms with E-state index in [0.29, 0.717) is 0 Å². The Labute approximate surface area is 167 Å². The first kappa shape index (κ1) is 23.7. The third-order valence-corrected chi connectivity index (χ3v) is 4.44. The molecule has 4 nitrogen and oxygen atoms in total. The van der Waals surface area contributed by atoms with E-state index in [0.717, 1.165) is 38.4 Å². The van der Waals surface area contributed by atoms with Crippen LogP contribution in [0.15, 0.2) is 17.6 Å². The smallest absolute Gasteiger partial charge is 0.193 e. The summed E-state index contributed by atoms with van der Waals surface area (Å²) in [6.45, 7) is 12.7. The van der Waals surface area contributed by atoms with Gasteiger partial charge in [0.25, 0.3) is 0 Å². The van der Waals surface area contributed by atoms with Gasteiger partial charge in [0.2, 0.25) is 0 Å². The summed E-state index contributed by atoms with van der Waals surface area (Å²) in [5.74, 6) is 1.05. The Morgan fingerprint density at radius 1 is 1.17 bits per heavy atom. The average molecular weight is 450 g/mol. The van der Waals surface area contributed by atoms with E-state index in [1.807, 2.05) is 6.08 Å². The molecule has 1 rings (SSSR count). The zero-order chi connectivity index (χ0) is 16.8. The van der Waals surface area contributed by atoms with Gasteiger partial charge in [-0.15, -0.1) is 30.6 Å². The van der Waals surface area contributed by atoms with Gasteiger partial charge in [0, 0.05) is 26.7 Å². The zero-order valence-electron chi connectivity index (χ0n) is 15.9. The minimum Gasteiger partial charge on any atom is -0.357 e. The molecule has 0 unspecified atom stereocenters. The van der Waals surface area contributed by atoms with E-state index in [-0.39, 0.29) is 24.0 Å². The monoisotopic (exact) mass is 450 g/mol. The van der Waals surface area contributed by atoms with Gasteiger partial charge in [-0.1, -0.05) is 18.9 Å². The molecule has 0 spiro atoms. The summed E-state index contributed by atoms with van der Waals surface area (Å²) >= 11 is 0. The molecule has 0 aromatic rings. The largest absolute Gasteiger partial charge is 0.357 e. The summed E-state index contributed by atoms with van der Waals surface area (Å²) in [5, 5.41) is 3.39. The second-order valence-corrected chi connectivity index (χ2v) is 6.55.